The van der Waals surface area contributed by atoms with Gasteiger partial charge in [-0.2, -0.15) is 0 Å². The summed E-state index contributed by atoms with van der Waals surface area (Å²) in [6.45, 7) is 5.78. The molecule has 162 valence electrons. The number of hydrogen-bond donors (Lipinski definition) is 1. The zero-order valence-electron chi connectivity index (χ0n) is 17.8. The Kier molecular flexibility index (Phi) is 4.93. The average Bonchev–Trinajstić information content (AvgIpc) is 3.36. The first-order valence-corrected chi connectivity index (χ1v) is 11.6. The Labute approximate surface area is 173 Å². The Morgan fingerprint density at radius 3 is 2.69 bits per heavy atom. The van der Waals surface area contributed by atoms with E-state index in [0.29, 0.717) is 31.4 Å². The first kappa shape index (κ1) is 19.8. The molecule has 0 aromatic rings. The summed E-state index contributed by atoms with van der Waals surface area (Å²) in [6.07, 6.45) is 8.88. The molecule has 29 heavy (non-hydrogen) atoms. The highest BCUT2D eigenvalue weighted by Crippen LogP contribution is 2.63. The van der Waals surface area contributed by atoms with Crippen LogP contribution in [-0.2, 0) is 23.8 Å². The summed E-state index contributed by atoms with van der Waals surface area (Å²) in [5, 5.41) is 3.06. The van der Waals surface area contributed by atoms with E-state index in [-0.39, 0.29) is 47.1 Å². The maximum atomic E-state index is 12.3. The van der Waals surface area contributed by atoms with Crippen molar-refractivity contribution in [3.63, 3.8) is 0 Å². The van der Waals surface area contributed by atoms with Crippen LogP contribution in [0.1, 0.15) is 71.6 Å². The number of nitrogens with one attached hydrogen (secondary N) is 1. The lowest BCUT2D eigenvalue weighted by Gasteiger charge is -2.62. The number of rotatable bonds is 3. The fourth-order valence-electron chi connectivity index (χ4n) is 7.42. The molecule has 5 fully saturated rings. The van der Waals surface area contributed by atoms with Gasteiger partial charge in [-0.05, 0) is 49.9 Å². The monoisotopic (exact) mass is 405 g/mol. The van der Waals surface area contributed by atoms with E-state index in [2.05, 4.69) is 19.2 Å². The molecule has 2 aliphatic heterocycles. The van der Waals surface area contributed by atoms with Crippen LogP contribution in [0, 0.1) is 28.6 Å². The zero-order chi connectivity index (χ0) is 20.2. The minimum atomic E-state index is -0.351. The van der Waals surface area contributed by atoms with E-state index in [0.717, 1.165) is 51.4 Å². The van der Waals surface area contributed by atoms with Gasteiger partial charge in [-0.15, -0.1) is 0 Å². The predicted molar refractivity (Wildman–Crippen MR) is 106 cm³/mol. The van der Waals surface area contributed by atoms with Crippen LogP contribution < -0.4 is 5.32 Å². The third-order valence-electron chi connectivity index (χ3n) is 9.04. The summed E-state index contributed by atoms with van der Waals surface area (Å²) in [7, 11) is 0. The Morgan fingerprint density at radius 2 is 1.90 bits per heavy atom. The van der Waals surface area contributed by atoms with E-state index < -0.39 is 0 Å². The molecule has 2 saturated heterocycles. The van der Waals surface area contributed by atoms with Gasteiger partial charge < -0.3 is 19.5 Å². The van der Waals surface area contributed by atoms with Gasteiger partial charge in [-0.3, -0.25) is 9.59 Å². The number of carbonyl (C=O) groups excluding carboxylic acids is 2. The largest absolute Gasteiger partial charge is 0.462 e. The summed E-state index contributed by atoms with van der Waals surface area (Å²) in [4.78, 5) is 24.3. The third kappa shape index (κ3) is 3.21. The smallest absolute Gasteiger partial charge is 0.306 e. The number of esters is 1. The lowest BCUT2D eigenvalue weighted by molar-refractivity contribution is -0.304. The van der Waals surface area contributed by atoms with Crippen LogP contribution in [0.5, 0.6) is 0 Å². The summed E-state index contributed by atoms with van der Waals surface area (Å²) < 4.78 is 18.2. The summed E-state index contributed by atoms with van der Waals surface area (Å²) in [5.41, 5.74) is 0.0616. The van der Waals surface area contributed by atoms with Crippen LogP contribution in [0.15, 0.2) is 0 Å². The highest BCUT2D eigenvalue weighted by molar-refractivity contribution is 5.78. The fraction of sp³-hybridized carbons (Fsp3) is 0.913. The van der Waals surface area contributed by atoms with Gasteiger partial charge in [0, 0.05) is 17.3 Å². The third-order valence-corrected chi connectivity index (χ3v) is 9.04. The number of fused-ring (bicyclic) bond motifs is 5. The molecular formula is C23H35NO5. The van der Waals surface area contributed by atoms with E-state index in [1.165, 1.54) is 0 Å². The topological polar surface area (TPSA) is 73.9 Å². The van der Waals surface area contributed by atoms with E-state index in [1.807, 2.05) is 0 Å². The Balaban J connectivity index is 1.23. The number of carbonyl (C=O) groups is 2. The van der Waals surface area contributed by atoms with E-state index in [4.69, 9.17) is 14.2 Å². The van der Waals surface area contributed by atoms with Gasteiger partial charge in [0.2, 0.25) is 5.91 Å². The fourth-order valence-corrected chi connectivity index (χ4v) is 7.42. The Morgan fingerprint density at radius 1 is 1.10 bits per heavy atom. The second-order valence-electron chi connectivity index (χ2n) is 10.6. The highest BCUT2D eigenvalue weighted by atomic mass is 16.7. The molecule has 0 spiro atoms. The Hall–Kier alpha value is -1.14. The zero-order valence-corrected chi connectivity index (χ0v) is 17.8. The summed E-state index contributed by atoms with van der Waals surface area (Å²) in [6, 6.07) is 0. The van der Waals surface area contributed by atoms with Crippen molar-refractivity contribution >= 4 is 11.9 Å². The van der Waals surface area contributed by atoms with Crippen molar-refractivity contribution < 1.29 is 23.8 Å². The normalized spacial score (nSPS) is 47.1. The SMILES string of the molecule is CC12COC(CNC(=O)C3CCCC3)OC1CCC1(C)C3CC(=O)OC3CCC21. The molecule has 5 rings (SSSR count). The molecule has 0 aromatic heterocycles. The van der Waals surface area contributed by atoms with Gasteiger partial charge in [0.1, 0.15) is 6.10 Å². The summed E-state index contributed by atoms with van der Waals surface area (Å²) >= 11 is 0. The summed E-state index contributed by atoms with van der Waals surface area (Å²) in [5.74, 6) is 1.10. The van der Waals surface area contributed by atoms with Crippen LogP contribution in [0.2, 0.25) is 0 Å². The molecule has 0 radical (unpaired) electrons. The van der Waals surface area contributed by atoms with Crippen LogP contribution in [0.25, 0.3) is 0 Å². The quantitative estimate of drug-likeness (QED) is 0.730. The number of ether oxygens (including phenoxy) is 3. The first-order valence-electron chi connectivity index (χ1n) is 11.6. The van der Waals surface area contributed by atoms with Gasteiger partial charge in [-0.1, -0.05) is 26.7 Å². The molecule has 7 unspecified atom stereocenters. The molecule has 2 heterocycles. The van der Waals surface area contributed by atoms with E-state index in [1.54, 1.807) is 0 Å². The molecule has 1 amide bonds. The molecular weight excluding hydrogens is 370 g/mol. The lowest BCUT2D eigenvalue weighted by atomic mass is 9.46. The van der Waals surface area contributed by atoms with Crippen molar-refractivity contribution in [2.75, 3.05) is 13.2 Å². The Bertz CT molecular complexity index is 676. The second-order valence-corrected chi connectivity index (χ2v) is 10.6. The van der Waals surface area contributed by atoms with Gasteiger partial charge >= 0.3 is 5.97 Å². The van der Waals surface area contributed by atoms with Crippen molar-refractivity contribution in [2.45, 2.75) is 90.1 Å². The molecule has 6 nitrogen and oxygen atoms in total. The van der Waals surface area contributed by atoms with Crippen LogP contribution in [0.3, 0.4) is 0 Å². The first-order chi connectivity index (χ1) is 13.9. The maximum absolute atomic E-state index is 12.3. The maximum Gasteiger partial charge on any atom is 0.306 e. The molecule has 3 saturated carbocycles. The minimum absolute atomic E-state index is 0.0247. The van der Waals surface area contributed by atoms with Gasteiger partial charge in [0.15, 0.2) is 6.29 Å². The van der Waals surface area contributed by atoms with E-state index >= 15 is 0 Å². The van der Waals surface area contributed by atoms with Crippen molar-refractivity contribution in [1.29, 1.82) is 0 Å². The van der Waals surface area contributed by atoms with Crippen LogP contribution >= 0.6 is 0 Å². The van der Waals surface area contributed by atoms with Gasteiger partial charge in [-0.25, -0.2) is 0 Å². The highest BCUT2D eigenvalue weighted by Gasteiger charge is 2.63. The van der Waals surface area contributed by atoms with Crippen molar-refractivity contribution in [3.05, 3.63) is 0 Å². The molecule has 6 heteroatoms. The number of amides is 1. The van der Waals surface area contributed by atoms with Crippen molar-refractivity contribution in [1.82, 2.24) is 5.32 Å². The molecule has 3 aliphatic carbocycles. The number of hydrogen-bond acceptors (Lipinski definition) is 5. The minimum Gasteiger partial charge on any atom is -0.462 e. The molecule has 7 atom stereocenters. The van der Waals surface area contributed by atoms with Crippen molar-refractivity contribution in [3.8, 4) is 0 Å². The average molecular weight is 406 g/mol. The van der Waals surface area contributed by atoms with Gasteiger partial charge in [0.05, 0.1) is 25.7 Å². The molecule has 0 aromatic carbocycles. The molecule has 0 bridgehead atoms. The van der Waals surface area contributed by atoms with Crippen LogP contribution in [0.4, 0.5) is 0 Å². The van der Waals surface area contributed by atoms with E-state index in [9.17, 15) is 9.59 Å². The molecule has 1 N–H and O–H groups in total. The molecule has 5 aliphatic rings. The van der Waals surface area contributed by atoms with Crippen molar-refractivity contribution in [2.24, 2.45) is 28.6 Å². The second kappa shape index (κ2) is 7.23. The van der Waals surface area contributed by atoms with Crippen LogP contribution in [-0.4, -0.2) is 43.5 Å². The van der Waals surface area contributed by atoms with Gasteiger partial charge in [0.25, 0.3) is 0 Å². The lowest BCUT2D eigenvalue weighted by Crippen LogP contribution is -2.63. The predicted octanol–water partition coefficient (Wildman–Crippen LogP) is 3.18. The standard InChI is InChI=1S/C23H35NO5/c1-22-10-9-18-23(2,17(22)8-7-16-15(22)11-19(25)28-16)13-27-20(29-18)12-24-21(26)14-5-3-4-6-14/h14-18,20H,3-13H2,1-2H3,(H,24,26).